The van der Waals surface area contributed by atoms with Gasteiger partial charge in [0.05, 0.1) is 0 Å². The normalized spacial score (nSPS) is 12.4. The first-order chi connectivity index (χ1) is 7.88. The third-order valence-corrected chi connectivity index (χ3v) is 3.84. The van der Waals surface area contributed by atoms with Gasteiger partial charge in [0.15, 0.2) is 3.24 Å². The Morgan fingerprint density at radius 1 is 0.941 bits per heavy atom. The summed E-state index contributed by atoms with van der Waals surface area (Å²) in [4.78, 5) is -0.518. The maximum absolute atomic E-state index is 5.98. The summed E-state index contributed by atoms with van der Waals surface area (Å²) in [5, 5.41) is 2.08. The van der Waals surface area contributed by atoms with Gasteiger partial charge in [0.2, 0.25) is 0 Å². The summed E-state index contributed by atoms with van der Waals surface area (Å²) in [5.74, 6) is 0. The van der Waals surface area contributed by atoms with Crippen LogP contribution >= 0.6 is 62.3 Å². The minimum Gasteiger partial charge on any atom is -0.100 e. The lowest BCUT2D eigenvalue weighted by atomic mass is 10.1. The largest absolute Gasteiger partial charge is 0.197 e. The zero-order valence-electron chi connectivity index (χ0n) is 8.43. The second-order valence-electron chi connectivity index (χ2n) is 3.62. The van der Waals surface area contributed by atoms with E-state index >= 15 is 0 Å². The average molecular weight is 373 g/mol. The van der Waals surface area contributed by atoms with Gasteiger partial charge >= 0.3 is 0 Å². The molecule has 0 spiro atoms. The van der Waals surface area contributed by atoms with Gasteiger partial charge in [0.25, 0.3) is 0 Å². The van der Waals surface area contributed by atoms with Gasteiger partial charge in [-0.3, -0.25) is 0 Å². The van der Waals surface area contributed by atoms with Crippen molar-refractivity contribution in [3.8, 4) is 0 Å². The van der Waals surface area contributed by atoms with Gasteiger partial charge in [0, 0.05) is 0 Å². The quantitative estimate of drug-likeness (QED) is 0.543. The number of benzene rings is 2. The molecule has 0 heterocycles. The molecule has 0 nitrogen and oxygen atoms in total. The van der Waals surface area contributed by atoms with Crippen molar-refractivity contribution in [2.45, 2.75) is 8.08 Å². The zero-order valence-corrected chi connectivity index (χ0v) is 13.0. The third kappa shape index (κ3) is 3.21. The Kier molecular flexibility index (Phi) is 4.16. The van der Waals surface area contributed by atoms with Crippen LogP contribution < -0.4 is 0 Å². The molecule has 0 saturated heterocycles. The summed E-state index contributed by atoms with van der Waals surface area (Å²) in [6, 6.07) is 11.5. The first-order valence-corrected chi connectivity index (χ1v) is 7.19. The van der Waals surface area contributed by atoms with Crippen LogP contribution in [0.25, 0.3) is 10.8 Å². The molecule has 0 unspecified atom stereocenters. The molecule has 90 valence electrons. The van der Waals surface area contributed by atoms with E-state index in [4.69, 9.17) is 46.4 Å². The summed E-state index contributed by atoms with van der Waals surface area (Å²) >= 11 is 26.8. The van der Waals surface area contributed by atoms with E-state index in [1.807, 2.05) is 36.4 Å². The Morgan fingerprint density at radius 2 is 1.53 bits per heavy atom. The fraction of sp³-hybridized carbons (Fsp3) is 0.167. The molecular weight excluding hydrogens is 366 g/mol. The molecule has 0 saturated carbocycles. The van der Waals surface area contributed by atoms with Gasteiger partial charge in [-0.15, -0.1) is 23.2 Å². The van der Waals surface area contributed by atoms with Crippen LogP contribution in [0.4, 0.5) is 0 Å². The van der Waals surface area contributed by atoms with Crippen molar-refractivity contribution in [3.05, 3.63) is 47.5 Å². The minimum absolute atomic E-state index is 0.518. The Hall–Kier alpha value is 0.340. The topological polar surface area (TPSA) is 0 Å². The summed E-state index contributed by atoms with van der Waals surface area (Å²) in [6.07, 6.45) is 0. The van der Waals surface area contributed by atoms with Gasteiger partial charge < -0.3 is 0 Å². The Morgan fingerprint density at radius 3 is 2.12 bits per heavy atom. The Balaban J connectivity index is 2.54. The highest BCUT2D eigenvalue weighted by atomic mass is 79.9. The van der Waals surface area contributed by atoms with Crippen LogP contribution in [0.1, 0.15) is 16.0 Å². The van der Waals surface area contributed by atoms with Crippen molar-refractivity contribution in [2.75, 3.05) is 0 Å². The van der Waals surface area contributed by atoms with Crippen molar-refractivity contribution < 1.29 is 0 Å². The molecule has 17 heavy (non-hydrogen) atoms. The molecule has 0 atom stereocenters. The fourth-order valence-electron chi connectivity index (χ4n) is 1.58. The van der Waals surface area contributed by atoms with E-state index in [0.29, 0.717) is 0 Å². The van der Waals surface area contributed by atoms with Gasteiger partial charge in [0.1, 0.15) is 4.84 Å². The van der Waals surface area contributed by atoms with E-state index in [-0.39, 0.29) is 0 Å². The molecule has 0 bridgehead atoms. The molecule has 2 aromatic carbocycles. The first kappa shape index (κ1) is 13.8. The summed E-state index contributed by atoms with van der Waals surface area (Å²) in [5.41, 5.74) is 1.66. The fourth-order valence-corrected chi connectivity index (χ4v) is 2.33. The minimum atomic E-state index is -1.07. The van der Waals surface area contributed by atoms with E-state index in [9.17, 15) is 0 Å². The van der Waals surface area contributed by atoms with Crippen LogP contribution in [-0.4, -0.2) is 0 Å². The number of alkyl halides is 5. The van der Waals surface area contributed by atoms with Crippen LogP contribution in [-0.2, 0) is 3.24 Å². The molecule has 0 N–H and O–H groups in total. The summed E-state index contributed by atoms with van der Waals surface area (Å²) < 4.78 is -1.07. The van der Waals surface area contributed by atoms with Crippen LogP contribution in [0.3, 0.4) is 0 Å². The molecule has 0 aliphatic carbocycles. The van der Waals surface area contributed by atoms with Gasteiger partial charge in [-0.2, -0.15) is 0 Å². The highest BCUT2D eigenvalue weighted by Crippen LogP contribution is 2.41. The first-order valence-electron chi connectivity index (χ1n) is 4.77. The number of halogens is 5. The summed E-state index contributed by atoms with van der Waals surface area (Å²) in [6.45, 7) is 0. The monoisotopic (exact) mass is 370 g/mol. The second kappa shape index (κ2) is 5.14. The van der Waals surface area contributed by atoms with Crippen molar-refractivity contribution >= 4 is 73.1 Å². The van der Waals surface area contributed by atoms with Crippen LogP contribution in [0.15, 0.2) is 36.4 Å². The van der Waals surface area contributed by atoms with Crippen molar-refractivity contribution in [3.63, 3.8) is 0 Å². The van der Waals surface area contributed by atoms with Crippen molar-refractivity contribution in [1.82, 2.24) is 0 Å². The van der Waals surface area contributed by atoms with Crippen molar-refractivity contribution in [1.29, 1.82) is 0 Å². The Bertz CT molecular complexity index is 546. The SMILES string of the molecule is ClC(Cl)c1ccc2cc(C(Cl)(Cl)Br)ccc2c1. The third-order valence-electron chi connectivity index (χ3n) is 2.44. The van der Waals surface area contributed by atoms with Gasteiger partial charge in [-0.05, 0) is 50.0 Å². The standard InChI is InChI=1S/C12H7BrCl4/c13-12(16,17)10-4-3-7-5-9(11(14)15)2-1-8(7)6-10/h1-6,11H. The predicted octanol–water partition coefficient (Wildman–Crippen LogP) is 6.30. The lowest BCUT2D eigenvalue weighted by Gasteiger charge is -2.13. The van der Waals surface area contributed by atoms with Gasteiger partial charge in [-0.25, -0.2) is 0 Å². The van der Waals surface area contributed by atoms with Gasteiger partial charge in [-0.1, -0.05) is 47.5 Å². The summed E-state index contributed by atoms with van der Waals surface area (Å²) in [7, 11) is 0. The molecule has 0 amide bonds. The van der Waals surface area contributed by atoms with Crippen LogP contribution in [0.2, 0.25) is 0 Å². The number of fused-ring (bicyclic) bond motifs is 1. The van der Waals surface area contributed by atoms with E-state index in [0.717, 1.165) is 21.9 Å². The van der Waals surface area contributed by atoms with Crippen LogP contribution in [0.5, 0.6) is 0 Å². The average Bonchev–Trinajstić information content (AvgIpc) is 2.26. The molecule has 2 aromatic rings. The van der Waals surface area contributed by atoms with Crippen molar-refractivity contribution in [2.24, 2.45) is 0 Å². The second-order valence-corrected chi connectivity index (χ2v) is 8.15. The molecule has 0 radical (unpaired) electrons. The maximum Gasteiger partial charge on any atom is 0.197 e. The number of hydrogen-bond donors (Lipinski definition) is 0. The number of hydrogen-bond acceptors (Lipinski definition) is 0. The molecular formula is C12H7BrCl4. The number of rotatable bonds is 2. The maximum atomic E-state index is 5.98. The smallest absolute Gasteiger partial charge is 0.100 e. The molecule has 5 heteroatoms. The van der Waals surface area contributed by atoms with E-state index in [1.165, 1.54) is 0 Å². The van der Waals surface area contributed by atoms with E-state index in [2.05, 4.69) is 15.9 Å². The molecule has 0 aromatic heterocycles. The predicted molar refractivity (Wildman–Crippen MR) is 80.7 cm³/mol. The zero-order chi connectivity index (χ0) is 12.6. The van der Waals surface area contributed by atoms with Crippen LogP contribution in [0, 0.1) is 0 Å². The van der Waals surface area contributed by atoms with E-state index < -0.39 is 8.08 Å². The van der Waals surface area contributed by atoms with E-state index in [1.54, 1.807) is 0 Å². The molecule has 2 rings (SSSR count). The Labute approximate surface area is 128 Å². The highest BCUT2D eigenvalue weighted by Gasteiger charge is 2.22. The molecule has 0 aliphatic heterocycles. The highest BCUT2D eigenvalue weighted by molar-refractivity contribution is 9.10. The molecule has 0 aliphatic rings. The lowest BCUT2D eigenvalue weighted by Crippen LogP contribution is -1.98. The lowest BCUT2D eigenvalue weighted by molar-refractivity contribution is 1.30. The molecule has 0 fully saturated rings.